The van der Waals surface area contributed by atoms with Crippen molar-refractivity contribution in [2.75, 3.05) is 17.7 Å². The summed E-state index contributed by atoms with van der Waals surface area (Å²) in [6, 6.07) is 20.1. The smallest absolute Gasteiger partial charge is 0.411 e. The molecule has 0 unspecified atom stereocenters. The SMILES string of the molecule is COC(=O)Nc1ccc(NC(=O)[C@H](Cc2ccccc2)NC(=O)/C=C/c2cc(Cl)ccc2-c2nnn[nH]2)cc1. The average molecular weight is 546 g/mol. The molecule has 1 aromatic heterocycles. The third kappa shape index (κ3) is 7.73. The number of hydrogen-bond donors (Lipinski definition) is 4. The Hall–Kier alpha value is -5.03. The number of carbonyl (C=O) groups excluding carboxylic acids is 3. The standard InChI is InChI=1S/C27H24ClN7O4/c1-39-27(38)30-21-11-9-20(10-12-21)29-26(37)23(15-17-5-3-2-4-6-17)31-24(36)14-7-18-16-19(28)8-13-22(18)25-32-34-35-33-25/h2-14,16,23H,15H2,1H3,(H,29,37)(H,30,38)(H,31,36)(H,32,33,34,35)/b14-7+/t23-/m0/s1. The summed E-state index contributed by atoms with van der Waals surface area (Å²) in [4.78, 5) is 37.5. The Bertz CT molecular complexity index is 1460. The molecule has 4 aromatic rings. The fourth-order valence-corrected chi connectivity index (χ4v) is 3.82. The second-order valence-corrected chi connectivity index (χ2v) is 8.69. The molecule has 198 valence electrons. The summed E-state index contributed by atoms with van der Waals surface area (Å²) < 4.78 is 4.57. The summed E-state index contributed by atoms with van der Waals surface area (Å²) in [5.41, 5.74) is 3.12. The molecule has 0 aliphatic heterocycles. The number of ether oxygens (including phenoxy) is 1. The molecule has 39 heavy (non-hydrogen) atoms. The minimum atomic E-state index is -0.880. The van der Waals surface area contributed by atoms with Crippen LogP contribution in [0, 0.1) is 0 Å². The van der Waals surface area contributed by atoms with E-state index >= 15 is 0 Å². The molecule has 4 rings (SSSR count). The largest absolute Gasteiger partial charge is 0.453 e. The number of H-pyrrole nitrogens is 1. The lowest BCUT2D eigenvalue weighted by Crippen LogP contribution is -2.44. The molecule has 1 heterocycles. The van der Waals surface area contributed by atoms with Crippen LogP contribution in [0.1, 0.15) is 11.1 Å². The van der Waals surface area contributed by atoms with Gasteiger partial charge in [-0.25, -0.2) is 9.89 Å². The number of nitrogens with zero attached hydrogens (tertiary/aromatic N) is 3. The van der Waals surface area contributed by atoms with Gasteiger partial charge in [0.2, 0.25) is 11.8 Å². The van der Waals surface area contributed by atoms with E-state index in [1.165, 1.54) is 13.2 Å². The molecule has 0 saturated heterocycles. The minimum absolute atomic E-state index is 0.264. The van der Waals surface area contributed by atoms with Crippen molar-refractivity contribution in [2.45, 2.75) is 12.5 Å². The van der Waals surface area contributed by atoms with E-state index in [1.807, 2.05) is 30.3 Å². The van der Waals surface area contributed by atoms with Crippen LogP contribution in [0.25, 0.3) is 17.5 Å². The number of nitrogens with one attached hydrogen (secondary N) is 4. The highest BCUT2D eigenvalue weighted by molar-refractivity contribution is 6.30. The summed E-state index contributed by atoms with van der Waals surface area (Å²) in [5.74, 6) is -0.475. The predicted octanol–water partition coefficient (Wildman–Crippen LogP) is 4.08. The number of tetrazole rings is 1. The highest BCUT2D eigenvalue weighted by atomic mass is 35.5. The van der Waals surface area contributed by atoms with Gasteiger partial charge < -0.3 is 15.4 Å². The quantitative estimate of drug-likeness (QED) is 0.231. The third-order valence-corrected chi connectivity index (χ3v) is 5.76. The number of methoxy groups -OCH3 is 1. The molecule has 0 aliphatic carbocycles. The second kappa shape index (κ2) is 13.0. The van der Waals surface area contributed by atoms with Gasteiger partial charge in [-0.1, -0.05) is 41.9 Å². The van der Waals surface area contributed by atoms with Crippen LogP contribution < -0.4 is 16.0 Å². The first kappa shape index (κ1) is 27.0. The van der Waals surface area contributed by atoms with E-state index < -0.39 is 23.9 Å². The first-order valence-corrected chi connectivity index (χ1v) is 12.1. The van der Waals surface area contributed by atoms with Gasteiger partial charge in [-0.15, -0.1) is 5.10 Å². The molecule has 0 radical (unpaired) electrons. The lowest BCUT2D eigenvalue weighted by molar-refractivity contribution is -0.123. The van der Waals surface area contributed by atoms with Gasteiger partial charge in [-0.2, -0.15) is 0 Å². The molecule has 3 aromatic carbocycles. The van der Waals surface area contributed by atoms with E-state index in [0.717, 1.165) is 5.56 Å². The molecular weight excluding hydrogens is 522 g/mol. The number of aromatic nitrogens is 4. The van der Waals surface area contributed by atoms with Crippen molar-refractivity contribution in [3.63, 3.8) is 0 Å². The highest BCUT2D eigenvalue weighted by Crippen LogP contribution is 2.24. The van der Waals surface area contributed by atoms with E-state index in [0.29, 0.717) is 33.3 Å². The zero-order valence-electron chi connectivity index (χ0n) is 20.7. The summed E-state index contributed by atoms with van der Waals surface area (Å²) in [6.45, 7) is 0. The summed E-state index contributed by atoms with van der Waals surface area (Å²) in [6.07, 6.45) is 2.55. The molecule has 12 heteroatoms. The van der Waals surface area contributed by atoms with Gasteiger partial charge >= 0.3 is 6.09 Å². The van der Waals surface area contributed by atoms with Crippen molar-refractivity contribution in [2.24, 2.45) is 0 Å². The number of aromatic amines is 1. The Morgan fingerprint density at radius 3 is 2.38 bits per heavy atom. The van der Waals surface area contributed by atoms with Gasteiger partial charge in [0.15, 0.2) is 5.82 Å². The number of anilines is 2. The van der Waals surface area contributed by atoms with Gasteiger partial charge in [-0.05, 0) is 70.1 Å². The van der Waals surface area contributed by atoms with Gasteiger partial charge in [0.25, 0.3) is 0 Å². The number of amides is 3. The molecule has 4 N–H and O–H groups in total. The lowest BCUT2D eigenvalue weighted by atomic mass is 10.0. The van der Waals surface area contributed by atoms with E-state index in [4.69, 9.17) is 11.6 Å². The first-order valence-electron chi connectivity index (χ1n) is 11.7. The molecular formula is C27H24ClN7O4. The van der Waals surface area contributed by atoms with Gasteiger partial charge in [-0.3, -0.25) is 14.9 Å². The Balaban J connectivity index is 1.49. The van der Waals surface area contributed by atoms with Gasteiger partial charge in [0.05, 0.1) is 7.11 Å². The van der Waals surface area contributed by atoms with E-state index in [2.05, 4.69) is 41.3 Å². The monoisotopic (exact) mass is 545 g/mol. The fourth-order valence-electron chi connectivity index (χ4n) is 3.64. The van der Waals surface area contributed by atoms with E-state index in [1.54, 1.807) is 48.5 Å². The molecule has 11 nitrogen and oxygen atoms in total. The zero-order valence-corrected chi connectivity index (χ0v) is 21.5. The number of carbonyl (C=O) groups is 3. The van der Waals surface area contributed by atoms with Crippen LogP contribution in [0.15, 0.2) is 78.9 Å². The van der Waals surface area contributed by atoms with Crippen LogP contribution in [-0.2, 0) is 20.7 Å². The summed E-state index contributed by atoms with van der Waals surface area (Å²) >= 11 is 6.15. The van der Waals surface area contributed by atoms with Crippen molar-refractivity contribution < 1.29 is 19.1 Å². The third-order valence-electron chi connectivity index (χ3n) is 5.53. The number of benzene rings is 3. The van der Waals surface area contributed by atoms with Crippen LogP contribution >= 0.6 is 11.6 Å². The number of halogens is 1. The van der Waals surface area contributed by atoms with Gasteiger partial charge in [0.1, 0.15) is 6.04 Å². The predicted molar refractivity (Wildman–Crippen MR) is 147 cm³/mol. The van der Waals surface area contributed by atoms with Crippen LogP contribution in [0.2, 0.25) is 5.02 Å². The first-order chi connectivity index (χ1) is 18.9. The Morgan fingerprint density at radius 1 is 1.00 bits per heavy atom. The van der Waals surface area contributed by atoms with E-state index in [-0.39, 0.29) is 6.42 Å². The van der Waals surface area contributed by atoms with Crippen LogP contribution in [0.3, 0.4) is 0 Å². The maximum Gasteiger partial charge on any atom is 0.411 e. The molecule has 0 spiro atoms. The summed E-state index contributed by atoms with van der Waals surface area (Å²) in [5, 5.41) is 22.4. The normalized spacial score (nSPS) is 11.5. The van der Waals surface area contributed by atoms with Crippen molar-refractivity contribution in [1.82, 2.24) is 25.9 Å². The average Bonchev–Trinajstić information content (AvgIpc) is 3.48. The molecule has 0 aliphatic rings. The van der Waals surface area contributed by atoms with Crippen molar-refractivity contribution in [3.8, 4) is 11.4 Å². The van der Waals surface area contributed by atoms with Crippen molar-refractivity contribution >= 4 is 47.0 Å². The second-order valence-electron chi connectivity index (χ2n) is 8.25. The topological polar surface area (TPSA) is 151 Å². The van der Waals surface area contributed by atoms with Crippen molar-refractivity contribution in [1.29, 1.82) is 0 Å². The van der Waals surface area contributed by atoms with Crippen LogP contribution in [0.5, 0.6) is 0 Å². The lowest BCUT2D eigenvalue weighted by Gasteiger charge is -2.18. The van der Waals surface area contributed by atoms with E-state index in [9.17, 15) is 14.4 Å². The van der Waals surface area contributed by atoms with Crippen molar-refractivity contribution in [3.05, 3.63) is 95.0 Å². The van der Waals surface area contributed by atoms with Crippen LogP contribution in [-0.4, -0.2) is 51.7 Å². The van der Waals surface area contributed by atoms with Gasteiger partial charge in [0, 0.05) is 34.5 Å². The minimum Gasteiger partial charge on any atom is -0.453 e. The fraction of sp³-hybridized carbons (Fsp3) is 0.111. The number of hydrogen-bond acceptors (Lipinski definition) is 7. The Labute approximate surface area is 228 Å². The maximum absolute atomic E-state index is 13.2. The molecule has 0 saturated carbocycles. The molecule has 0 fully saturated rings. The zero-order chi connectivity index (χ0) is 27.6. The summed E-state index contributed by atoms with van der Waals surface area (Å²) in [7, 11) is 1.27. The molecule has 0 bridgehead atoms. The Kier molecular flexibility index (Phi) is 8.99. The number of rotatable bonds is 9. The highest BCUT2D eigenvalue weighted by Gasteiger charge is 2.21. The van der Waals surface area contributed by atoms with Crippen LogP contribution in [0.4, 0.5) is 16.2 Å². The molecule has 3 amide bonds. The Morgan fingerprint density at radius 2 is 1.72 bits per heavy atom. The maximum atomic E-state index is 13.2. The molecule has 1 atom stereocenters.